The molecule has 0 bridgehead atoms. The standard InChI is InChI=1S/C46H81NO7/c1-6-8-10-12-14-16-18-19-20-21-22-23-24-25-26-27-29-31-33-35-37-45(49)54-42(40-52-39-38-43(46(50)51)47(3,4)5)41-53-44(48)36-34-32-30-28-17-15-13-11-9-7-2/h8,10,14,16,19-20,22-23,42-43H,6-7,9,11-13,15,17-18,21,24-41H2,1-5H3/p+1/b10-8+,16-14+,20-19+,23-22+. The van der Waals surface area contributed by atoms with Crippen LogP contribution in [0.5, 0.6) is 0 Å². The molecule has 0 spiro atoms. The van der Waals surface area contributed by atoms with Gasteiger partial charge in [0.05, 0.1) is 34.4 Å². The molecule has 0 saturated heterocycles. The summed E-state index contributed by atoms with van der Waals surface area (Å²) in [6.07, 6.45) is 42.9. The van der Waals surface area contributed by atoms with E-state index in [1.165, 1.54) is 70.6 Å². The van der Waals surface area contributed by atoms with Crippen molar-refractivity contribution in [3.8, 4) is 0 Å². The van der Waals surface area contributed by atoms with Gasteiger partial charge in [0.15, 0.2) is 12.1 Å². The Hall–Kier alpha value is -2.71. The molecule has 0 radical (unpaired) electrons. The Kier molecular flexibility index (Phi) is 35.4. The molecule has 2 atom stereocenters. The van der Waals surface area contributed by atoms with Crippen molar-refractivity contribution in [2.75, 3.05) is 41.0 Å². The summed E-state index contributed by atoms with van der Waals surface area (Å²) in [5.74, 6) is -1.48. The van der Waals surface area contributed by atoms with E-state index in [1.54, 1.807) is 0 Å². The van der Waals surface area contributed by atoms with E-state index in [-0.39, 0.29) is 36.2 Å². The van der Waals surface area contributed by atoms with Crippen LogP contribution in [0, 0.1) is 0 Å². The number of esters is 2. The molecule has 0 fully saturated rings. The van der Waals surface area contributed by atoms with Crippen molar-refractivity contribution >= 4 is 17.9 Å². The summed E-state index contributed by atoms with van der Waals surface area (Å²) < 4.78 is 17.2. The smallest absolute Gasteiger partial charge is 0.362 e. The zero-order valence-corrected chi connectivity index (χ0v) is 35.4. The summed E-state index contributed by atoms with van der Waals surface area (Å²) in [7, 11) is 5.52. The van der Waals surface area contributed by atoms with E-state index < -0.39 is 18.1 Å². The minimum Gasteiger partial charge on any atom is -0.477 e. The predicted molar refractivity (Wildman–Crippen MR) is 224 cm³/mol. The fraction of sp³-hybridized carbons (Fsp3) is 0.761. The second-order valence-electron chi connectivity index (χ2n) is 15.6. The Morgan fingerprint density at radius 2 is 1.04 bits per heavy atom. The minimum atomic E-state index is -0.878. The number of likely N-dealkylation sites (N-methyl/N-ethyl adjacent to an activating group) is 1. The Balaban J connectivity index is 4.33. The van der Waals surface area contributed by atoms with Gasteiger partial charge in [-0.3, -0.25) is 9.59 Å². The highest BCUT2D eigenvalue weighted by Gasteiger charge is 2.31. The van der Waals surface area contributed by atoms with Gasteiger partial charge in [-0.15, -0.1) is 0 Å². The molecule has 0 amide bonds. The third-order valence-electron chi connectivity index (χ3n) is 9.49. The number of unbranched alkanes of at least 4 members (excludes halogenated alkanes) is 16. The van der Waals surface area contributed by atoms with Gasteiger partial charge in [-0.05, 0) is 51.4 Å². The van der Waals surface area contributed by atoms with Gasteiger partial charge in [-0.2, -0.15) is 0 Å². The maximum absolute atomic E-state index is 12.7. The third kappa shape index (κ3) is 35.0. The number of carboxylic acids is 1. The molecule has 0 aromatic rings. The highest BCUT2D eigenvalue weighted by molar-refractivity contribution is 5.72. The first-order valence-corrected chi connectivity index (χ1v) is 21.7. The molecule has 312 valence electrons. The van der Waals surface area contributed by atoms with E-state index >= 15 is 0 Å². The number of nitrogens with zero attached hydrogens (tertiary/aromatic N) is 1. The first-order chi connectivity index (χ1) is 26.1. The number of carbonyl (C=O) groups is 3. The molecule has 0 aromatic carbocycles. The van der Waals surface area contributed by atoms with Crippen molar-refractivity contribution in [1.82, 2.24) is 0 Å². The number of quaternary nitrogens is 1. The maximum Gasteiger partial charge on any atom is 0.362 e. The molecule has 1 N–H and O–H groups in total. The summed E-state index contributed by atoms with van der Waals surface area (Å²) in [6.45, 7) is 4.60. The van der Waals surface area contributed by atoms with Crippen molar-refractivity contribution < 1.29 is 38.2 Å². The molecule has 0 heterocycles. The van der Waals surface area contributed by atoms with Crippen LogP contribution in [-0.2, 0) is 28.6 Å². The number of allylic oxidation sites excluding steroid dienone is 8. The topological polar surface area (TPSA) is 99.1 Å². The average molecular weight is 761 g/mol. The third-order valence-corrected chi connectivity index (χ3v) is 9.49. The quantitative estimate of drug-likeness (QED) is 0.0289. The maximum atomic E-state index is 12.7. The van der Waals surface area contributed by atoms with Gasteiger partial charge in [0.2, 0.25) is 0 Å². The summed E-state index contributed by atoms with van der Waals surface area (Å²) in [4.78, 5) is 36.9. The first kappa shape index (κ1) is 51.3. The van der Waals surface area contributed by atoms with Gasteiger partial charge < -0.3 is 23.8 Å². The molecule has 0 aromatic heterocycles. The van der Waals surface area contributed by atoms with Crippen LogP contribution in [0.15, 0.2) is 48.6 Å². The number of rotatable bonds is 38. The normalized spacial score (nSPS) is 13.4. The fourth-order valence-corrected chi connectivity index (χ4v) is 6.14. The zero-order chi connectivity index (χ0) is 40.0. The molecular formula is C46H82NO7+. The molecule has 0 saturated carbocycles. The van der Waals surface area contributed by atoms with Crippen LogP contribution in [-0.4, -0.2) is 80.6 Å². The van der Waals surface area contributed by atoms with Gasteiger partial charge in [-0.25, -0.2) is 4.79 Å². The van der Waals surface area contributed by atoms with Crippen LogP contribution in [0.1, 0.15) is 174 Å². The number of aliphatic carboxylic acids is 1. The average Bonchev–Trinajstić information content (AvgIpc) is 3.12. The van der Waals surface area contributed by atoms with Crippen LogP contribution < -0.4 is 0 Å². The lowest BCUT2D eigenvalue weighted by atomic mass is 10.1. The zero-order valence-electron chi connectivity index (χ0n) is 35.4. The molecule has 0 aliphatic heterocycles. The fourth-order valence-electron chi connectivity index (χ4n) is 6.14. The van der Waals surface area contributed by atoms with Gasteiger partial charge >= 0.3 is 17.9 Å². The van der Waals surface area contributed by atoms with Gasteiger partial charge in [0.1, 0.15) is 6.61 Å². The largest absolute Gasteiger partial charge is 0.477 e. The summed E-state index contributed by atoms with van der Waals surface area (Å²) in [5, 5.41) is 9.60. The van der Waals surface area contributed by atoms with Crippen LogP contribution in [0.4, 0.5) is 0 Å². The van der Waals surface area contributed by atoms with Crippen molar-refractivity contribution in [3.05, 3.63) is 48.6 Å². The van der Waals surface area contributed by atoms with E-state index in [0.717, 1.165) is 70.6 Å². The van der Waals surface area contributed by atoms with Crippen molar-refractivity contribution in [2.24, 2.45) is 0 Å². The highest BCUT2D eigenvalue weighted by Crippen LogP contribution is 2.14. The number of carboxylic acid groups (broad SMARTS) is 1. The number of carbonyl (C=O) groups excluding carboxylic acids is 2. The molecule has 0 rings (SSSR count). The predicted octanol–water partition coefficient (Wildman–Crippen LogP) is 11.6. The van der Waals surface area contributed by atoms with Crippen LogP contribution >= 0.6 is 0 Å². The van der Waals surface area contributed by atoms with E-state index in [4.69, 9.17) is 14.2 Å². The summed E-state index contributed by atoms with van der Waals surface area (Å²) >= 11 is 0. The van der Waals surface area contributed by atoms with Crippen molar-refractivity contribution in [1.29, 1.82) is 0 Å². The molecule has 0 aliphatic carbocycles. The highest BCUT2D eigenvalue weighted by atomic mass is 16.6. The lowest BCUT2D eigenvalue weighted by Crippen LogP contribution is -2.50. The molecule has 54 heavy (non-hydrogen) atoms. The molecule has 8 nitrogen and oxygen atoms in total. The van der Waals surface area contributed by atoms with Crippen LogP contribution in [0.2, 0.25) is 0 Å². The van der Waals surface area contributed by atoms with E-state index in [0.29, 0.717) is 19.3 Å². The van der Waals surface area contributed by atoms with E-state index in [1.807, 2.05) is 21.1 Å². The van der Waals surface area contributed by atoms with Crippen LogP contribution in [0.3, 0.4) is 0 Å². The first-order valence-electron chi connectivity index (χ1n) is 21.7. The van der Waals surface area contributed by atoms with Gasteiger partial charge in [0, 0.05) is 19.3 Å². The lowest BCUT2D eigenvalue weighted by molar-refractivity contribution is -0.887. The molecule has 0 aliphatic rings. The minimum absolute atomic E-state index is 0.0546. The lowest BCUT2D eigenvalue weighted by Gasteiger charge is -2.31. The molecular weight excluding hydrogens is 679 g/mol. The monoisotopic (exact) mass is 761 g/mol. The van der Waals surface area contributed by atoms with Crippen molar-refractivity contribution in [2.45, 2.75) is 187 Å². The van der Waals surface area contributed by atoms with Gasteiger partial charge in [0.25, 0.3) is 0 Å². The summed E-state index contributed by atoms with van der Waals surface area (Å²) in [5.41, 5.74) is 0. The Bertz CT molecular complexity index is 1030. The van der Waals surface area contributed by atoms with Crippen molar-refractivity contribution in [3.63, 3.8) is 0 Å². The number of hydrogen-bond acceptors (Lipinski definition) is 6. The second-order valence-corrected chi connectivity index (χ2v) is 15.6. The van der Waals surface area contributed by atoms with E-state index in [9.17, 15) is 19.5 Å². The summed E-state index contributed by atoms with van der Waals surface area (Å²) in [6, 6.07) is -0.615. The Labute approximate surface area is 331 Å². The molecule has 8 heteroatoms. The molecule has 2 unspecified atom stereocenters. The second kappa shape index (κ2) is 37.2. The van der Waals surface area contributed by atoms with Crippen LogP contribution in [0.25, 0.3) is 0 Å². The number of hydrogen-bond donors (Lipinski definition) is 1. The Morgan fingerprint density at radius 3 is 1.54 bits per heavy atom. The van der Waals surface area contributed by atoms with Gasteiger partial charge in [-0.1, -0.05) is 152 Å². The number of ether oxygens (including phenoxy) is 3. The van der Waals surface area contributed by atoms with E-state index in [2.05, 4.69) is 62.5 Å². The SMILES string of the molecule is CC/C=C/C/C=C/C/C=C/C/C=C/CCCCCCCCCC(=O)OC(COCCC(C(=O)O)[N+](C)(C)C)COC(=O)CCCCCCCCCCCC. The Morgan fingerprint density at radius 1 is 0.574 bits per heavy atom.